The molecule has 0 unspecified atom stereocenters. The van der Waals surface area contributed by atoms with Gasteiger partial charge in [0.15, 0.2) is 11.6 Å². The molecule has 162 valence electrons. The third-order valence-electron chi connectivity index (χ3n) is 5.59. The maximum absolute atomic E-state index is 13.6. The molecular formula is C24H25ClFN3O2. The second-order valence-electron chi connectivity index (χ2n) is 7.80. The Bertz CT molecular complexity index is 1040. The first kappa shape index (κ1) is 21.4. The van der Waals surface area contributed by atoms with E-state index in [9.17, 15) is 9.18 Å². The number of nitrogens with zero attached hydrogens (tertiary/aromatic N) is 2. The van der Waals surface area contributed by atoms with Crippen LogP contribution in [-0.4, -0.2) is 40.7 Å². The van der Waals surface area contributed by atoms with Crippen molar-refractivity contribution in [1.29, 1.82) is 0 Å². The minimum absolute atomic E-state index is 0.163. The summed E-state index contributed by atoms with van der Waals surface area (Å²) in [6.07, 6.45) is 2.68. The fraction of sp³-hybridized carbons (Fsp3) is 0.333. The van der Waals surface area contributed by atoms with Crippen molar-refractivity contribution in [3.05, 3.63) is 82.4 Å². The third-order valence-corrected chi connectivity index (χ3v) is 5.83. The van der Waals surface area contributed by atoms with E-state index in [0.29, 0.717) is 37.4 Å². The molecule has 1 saturated heterocycles. The highest BCUT2D eigenvalue weighted by molar-refractivity contribution is 6.30. The number of aromatic nitrogens is 2. The lowest BCUT2D eigenvalue weighted by Crippen LogP contribution is -2.28. The Morgan fingerprint density at radius 2 is 2.06 bits per heavy atom. The highest BCUT2D eigenvalue weighted by Gasteiger charge is 2.28. The van der Waals surface area contributed by atoms with Gasteiger partial charge in [-0.05, 0) is 48.7 Å². The number of hydrogen-bond donors (Lipinski definition) is 1. The van der Waals surface area contributed by atoms with Gasteiger partial charge in [-0.1, -0.05) is 35.9 Å². The fourth-order valence-corrected chi connectivity index (χ4v) is 4.09. The minimum Gasteiger partial charge on any atom is -0.490 e. The van der Waals surface area contributed by atoms with Crippen LogP contribution in [0.25, 0.3) is 0 Å². The van der Waals surface area contributed by atoms with Crippen molar-refractivity contribution in [3.8, 4) is 5.75 Å². The molecule has 3 aromatic rings. The van der Waals surface area contributed by atoms with Gasteiger partial charge in [0.05, 0.1) is 12.3 Å². The molecule has 1 N–H and O–H groups in total. The average Bonchev–Trinajstić information content (AvgIpc) is 3.43. The van der Waals surface area contributed by atoms with Crippen LogP contribution in [0.5, 0.6) is 5.75 Å². The molecule has 1 aromatic heterocycles. The predicted molar refractivity (Wildman–Crippen MR) is 118 cm³/mol. The van der Waals surface area contributed by atoms with Crippen molar-refractivity contribution < 1.29 is 13.9 Å². The highest BCUT2D eigenvalue weighted by Crippen LogP contribution is 2.27. The Hall–Kier alpha value is -2.86. The van der Waals surface area contributed by atoms with Gasteiger partial charge >= 0.3 is 0 Å². The summed E-state index contributed by atoms with van der Waals surface area (Å²) in [4.78, 5) is 14.5. The largest absolute Gasteiger partial charge is 0.490 e. The summed E-state index contributed by atoms with van der Waals surface area (Å²) in [5.41, 5.74) is 2.98. The van der Waals surface area contributed by atoms with Gasteiger partial charge in [-0.25, -0.2) is 4.39 Å². The molecule has 31 heavy (non-hydrogen) atoms. The molecule has 0 saturated carbocycles. The summed E-state index contributed by atoms with van der Waals surface area (Å²) in [6, 6.07) is 16.0. The van der Waals surface area contributed by atoms with Gasteiger partial charge in [-0.2, -0.15) is 5.10 Å². The molecule has 1 amide bonds. The first-order chi connectivity index (χ1) is 15.1. The normalized spacial score (nSPS) is 15.9. The maximum Gasteiger partial charge on any atom is 0.222 e. The first-order valence-corrected chi connectivity index (χ1v) is 10.9. The van der Waals surface area contributed by atoms with Gasteiger partial charge in [0.25, 0.3) is 0 Å². The maximum atomic E-state index is 13.6. The number of aromatic amines is 1. The summed E-state index contributed by atoms with van der Waals surface area (Å²) >= 11 is 6.02. The van der Waals surface area contributed by atoms with Gasteiger partial charge in [0, 0.05) is 42.6 Å². The molecule has 0 radical (unpaired) electrons. The quantitative estimate of drug-likeness (QED) is 0.547. The standard InChI is InChI=1S/C24H25ClFN3O2/c25-19-5-3-4-17(14-19)8-9-24(30)29-12-10-18(16-29)22-15-20(27-28-22)11-13-31-23-7-2-1-6-21(23)26/h1-7,14-15,18H,8-13,16H2,(H,27,28)/t18-/m0/s1. The molecule has 1 aliphatic rings. The summed E-state index contributed by atoms with van der Waals surface area (Å²) < 4.78 is 19.1. The molecule has 5 nitrogen and oxygen atoms in total. The van der Waals surface area contributed by atoms with Crippen LogP contribution in [0.4, 0.5) is 4.39 Å². The van der Waals surface area contributed by atoms with Crippen molar-refractivity contribution in [2.75, 3.05) is 19.7 Å². The van der Waals surface area contributed by atoms with Gasteiger partial charge in [-0.15, -0.1) is 0 Å². The second-order valence-corrected chi connectivity index (χ2v) is 8.24. The molecular weight excluding hydrogens is 417 g/mol. The Morgan fingerprint density at radius 1 is 1.19 bits per heavy atom. The van der Waals surface area contributed by atoms with Gasteiger partial charge in [-0.3, -0.25) is 9.89 Å². The van der Waals surface area contributed by atoms with Crippen LogP contribution in [0.1, 0.15) is 35.7 Å². The van der Waals surface area contributed by atoms with E-state index in [1.807, 2.05) is 35.2 Å². The summed E-state index contributed by atoms with van der Waals surface area (Å²) in [6.45, 7) is 1.80. The Kier molecular flexibility index (Phi) is 6.87. The first-order valence-electron chi connectivity index (χ1n) is 10.5. The monoisotopic (exact) mass is 441 g/mol. The molecule has 0 bridgehead atoms. The van der Waals surface area contributed by atoms with E-state index in [4.69, 9.17) is 16.3 Å². The van der Waals surface area contributed by atoms with Gasteiger partial charge < -0.3 is 9.64 Å². The predicted octanol–water partition coefficient (Wildman–Crippen LogP) is 4.77. The lowest BCUT2D eigenvalue weighted by atomic mass is 10.0. The molecule has 0 aliphatic carbocycles. The van der Waals surface area contributed by atoms with Crippen LogP contribution in [0.3, 0.4) is 0 Å². The number of hydrogen-bond acceptors (Lipinski definition) is 3. The number of amides is 1. The van der Waals surface area contributed by atoms with Crippen LogP contribution in [-0.2, 0) is 17.6 Å². The van der Waals surface area contributed by atoms with Crippen molar-refractivity contribution in [2.24, 2.45) is 0 Å². The number of aryl methyl sites for hydroxylation is 1. The summed E-state index contributed by atoms with van der Waals surface area (Å²) in [7, 11) is 0. The lowest BCUT2D eigenvalue weighted by Gasteiger charge is -2.16. The van der Waals surface area contributed by atoms with Gasteiger partial charge in [0.1, 0.15) is 0 Å². The van der Waals surface area contributed by atoms with E-state index < -0.39 is 0 Å². The number of carbonyl (C=O) groups excluding carboxylic acids is 1. The van der Waals surface area contributed by atoms with Crippen LogP contribution in [0.15, 0.2) is 54.6 Å². The second kappa shape index (κ2) is 9.96. The zero-order valence-corrected chi connectivity index (χ0v) is 17.9. The number of nitrogens with one attached hydrogen (secondary N) is 1. The molecule has 4 rings (SSSR count). The molecule has 1 fully saturated rings. The van der Waals surface area contributed by atoms with E-state index in [1.54, 1.807) is 18.2 Å². The molecule has 7 heteroatoms. The lowest BCUT2D eigenvalue weighted by molar-refractivity contribution is -0.130. The summed E-state index contributed by atoms with van der Waals surface area (Å²) in [5.74, 6) is 0.285. The zero-order valence-electron chi connectivity index (χ0n) is 17.2. The van der Waals surface area contributed by atoms with Crippen molar-refractivity contribution >= 4 is 17.5 Å². The molecule has 2 heterocycles. The Labute approximate surface area is 186 Å². The van der Waals surface area contributed by atoms with E-state index in [0.717, 1.165) is 29.9 Å². The summed E-state index contributed by atoms with van der Waals surface area (Å²) in [5, 5.41) is 8.17. The average molecular weight is 442 g/mol. The van der Waals surface area contributed by atoms with Gasteiger partial charge in [0.2, 0.25) is 5.91 Å². The fourth-order valence-electron chi connectivity index (χ4n) is 3.88. The number of rotatable bonds is 8. The van der Waals surface area contributed by atoms with E-state index in [2.05, 4.69) is 10.2 Å². The number of carbonyl (C=O) groups is 1. The van der Waals surface area contributed by atoms with Crippen molar-refractivity contribution in [1.82, 2.24) is 15.1 Å². The highest BCUT2D eigenvalue weighted by atomic mass is 35.5. The van der Waals surface area contributed by atoms with Crippen LogP contribution >= 0.6 is 11.6 Å². The van der Waals surface area contributed by atoms with Crippen LogP contribution in [0.2, 0.25) is 5.02 Å². The van der Waals surface area contributed by atoms with Crippen LogP contribution in [0, 0.1) is 5.82 Å². The molecule has 2 aromatic carbocycles. The Morgan fingerprint density at radius 3 is 2.90 bits per heavy atom. The number of ether oxygens (including phenoxy) is 1. The molecule has 1 aliphatic heterocycles. The van der Waals surface area contributed by atoms with E-state index in [1.165, 1.54) is 6.07 Å². The topological polar surface area (TPSA) is 58.2 Å². The minimum atomic E-state index is -0.362. The van der Waals surface area contributed by atoms with Crippen molar-refractivity contribution in [3.63, 3.8) is 0 Å². The number of H-pyrrole nitrogens is 1. The number of likely N-dealkylation sites (tertiary alicyclic amines) is 1. The Balaban J connectivity index is 1.24. The SMILES string of the molecule is O=C(CCc1cccc(Cl)c1)N1CC[C@H](c2cc(CCOc3ccccc3F)[nH]n2)C1. The molecule has 1 atom stereocenters. The zero-order chi connectivity index (χ0) is 21.6. The third kappa shape index (κ3) is 5.64. The van der Waals surface area contributed by atoms with E-state index in [-0.39, 0.29) is 23.4 Å². The van der Waals surface area contributed by atoms with E-state index >= 15 is 0 Å². The molecule has 0 spiro atoms. The number of para-hydroxylation sites is 1. The number of benzene rings is 2. The van der Waals surface area contributed by atoms with Crippen molar-refractivity contribution in [2.45, 2.75) is 31.6 Å². The number of halogens is 2. The smallest absolute Gasteiger partial charge is 0.222 e. The van der Waals surface area contributed by atoms with Crippen LogP contribution < -0.4 is 4.74 Å².